The van der Waals surface area contributed by atoms with Crippen molar-refractivity contribution in [3.8, 4) is 5.75 Å². The largest absolute Gasteiger partial charge is 0.508 e. The molecule has 1 amide bonds. The Morgan fingerprint density at radius 2 is 2.17 bits per heavy atom. The van der Waals surface area contributed by atoms with Crippen LogP contribution in [0.1, 0.15) is 16.1 Å². The van der Waals surface area contributed by atoms with Crippen molar-refractivity contribution in [2.24, 2.45) is 7.05 Å². The number of amides is 1. The number of carbonyl (C=O) groups excluding carboxylic acids is 1. The topological polar surface area (TPSA) is 54.3 Å². The highest BCUT2D eigenvalue weighted by Crippen LogP contribution is 2.24. The fourth-order valence-electron chi connectivity index (χ4n) is 1.70. The number of aromatic nitrogens is 1. The molecule has 0 atom stereocenters. The van der Waals surface area contributed by atoms with Gasteiger partial charge < -0.3 is 15.0 Å². The molecule has 2 rings (SSSR count). The van der Waals surface area contributed by atoms with E-state index in [1.807, 2.05) is 0 Å². The zero-order valence-corrected chi connectivity index (χ0v) is 10.8. The Morgan fingerprint density at radius 1 is 1.44 bits per heavy atom. The molecular weight excluding hydrogens is 252 g/mol. The third-order valence-corrected chi connectivity index (χ3v) is 2.96. The lowest BCUT2D eigenvalue weighted by Gasteiger charge is -2.09. The quantitative estimate of drug-likeness (QED) is 0.876. The van der Waals surface area contributed by atoms with Crippen LogP contribution in [0.2, 0.25) is 5.02 Å². The number of halogens is 1. The second-order valence-electron chi connectivity index (χ2n) is 4.06. The van der Waals surface area contributed by atoms with Crippen molar-refractivity contribution >= 4 is 23.2 Å². The summed E-state index contributed by atoms with van der Waals surface area (Å²) in [7, 11) is 1.75. The molecule has 0 unspecified atom stereocenters. The van der Waals surface area contributed by atoms with Crippen LogP contribution in [0.3, 0.4) is 0 Å². The van der Waals surface area contributed by atoms with Crippen LogP contribution in [0.5, 0.6) is 5.75 Å². The SMILES string of the molecule is Cc1c(O)cccc1NC(=O)c1cc(Cl)cn1C. The van der Waals surface area contributed by atoms with E-state index in [1.165, 1.54) is 0 Å². The van der Waals surface area contributed by atoms with Gasteiger partial charge >= 0.3 is 0 Å². The fraction of sp³-hybridized carbons (Fsp3) is 0.154. The summed E-state index contributed by atoms with van der Waals surface area (Å²) < 4.78 is 1.65. The Labute approximate surface area is 110 Å². The maximum absolute atomic E-state index is 12.0. The number of aromatic hydroxyl groups is 1. The third-order valence-electron chi connectivity index (χ3n) is 2.76. The molecule has 18 heavy (non-hydrogen) atoms. The standard InChI is InChI=1S/C13H13ClN2O2/c1-8-10(4-3-5-12(8)17)15-13(18)11-6-9(14)7-16(11)2/h3-7,17H,1-2H3,(H,15,18). The first-order valence-electron chi connectivity index (χ1n) is 5.41. The van der Waals surface area contributed by atoms with Crippen molar-refractivity contribution in [3.63, 3.8) is 0 Å². The number of carbonyl (C=O) groups is 1. The molecule has 0 aliphatic heterocycles. The van der Waals surface area contributed by atoms with Gasteiger partial charge in [0, 0.05) is 24.5 Å². The van der Waals surface area contributed by atoms with Gasteiger partial charge in [-0.25, -0.2) is 0 Å². The molecule has 0 bridgehead atoms. The number of hydrogen-bond donors (Lipinski definition) is 2. The van der Waals surface area contributed by atoms with E-state index in [9.17, 15) is 9.90 Å². The van der Waals surface area contributed by atoms with Gasteiger partial charge in [0.2, 0.25) is 0 Å². The monoisotopic (exact) mass is 264 g/mol. The second kappa shape index (κ2) is 4.74. The molecule has 1 heterocycles. The van der Waals surface area contributed by atoms with Crippen LogP contribution in [0.15, 0.2) is 30.5 Å². The average Bonchev–Trinajstić information content (AvgIpc) is 2.64. The summed E-state index contributed by atoms with van der Waals surface area (Å²) in [5.41, 5.74) is 1.67. The summed E-state index contributed by atoms with van der Waals surface area (Å²) in [5.74, 6) is -0.115. The minimum absolute atomic E-state index is 0.151. The lowest BCUT2D eigenvalue weighted by Crippen LogP contribution is -2.15. The van der Waals surface area contributed by atoms with Crippen molar-refractivity contribution in [2.45, 2.75) is 6.92 Å². The highest BCUT2D eigenvalue weighted by atomic mass is 35.5. The molecule has 5 heteroatoms. The normalized spacial score (nSPS) is 10.4. The van der Waals surface area contributed by atoms with E-state index in [2.05, 4.69) is 5.32 Å². The van der Waals surface area contributed by atoms with Crippen LogP contribution in [-0.4, -0.2) is 15.6 Å². The minimum atomic E-state index is -0.266. The van der Waals surface area contributed by atoms with Gasteiger partial charge in [-0.05, 0) is 25.1 Å². The van der Waals surface area contributed by atoms with Gasteiger partial charge in [0.05, 0.1) is 5.02 Å². The number of hydrogen-bond acceptors (Lipinski definition) is 2. The summed E-state index contributed by atoms with van der Waals surface area (Å²) in [6.45, 7) is 1.74. The molecule has 2 aromatic rings. The zero-order valence-electron chi connectivity index (χ0n) is 10.1. The molecule has 0 saturated heterocycles. The number of nitrogens with zero attached hydrogens (tertiary/aromatic N) is 1. The van der Waals surface area contributed by atoms with E-state index in [4.69, 9.17) is 11.6 Å². The molecule has 1 aromatic heterocycles. The fourth-order valence-corrected chi connectivity index (χ4v) is 1.94. The van der Waals surface area contributed by atoms with E-state index in [-0.39, 0.29) is 11.7 Å². The zero-order chi connectivity index (χ0) is 13.3. The molecule has 0 aliphatic rings. The Bertz CT molecular complexity index is 605. The third kappa shape index (κ3) is 2.33. The van der Waals surface area contributed by atoms with Crippen molar-refractivity contribution < 1.29 is 9.90 Å². The van der Waals surface area contributed by atoms with E-state index >= 15 is 0 Å². The molecule has 94 valence electrons. The van der Waals surface area contributed by atoms with Crippen LogP contribution in [0, 0.1) is 6.92 Å². The van der Waals surface area contributed by atoms with Crippen LogP contribution < -0.4 is 5.32 Å². The van der Waals surface area contributed by atoms with Crippen LogP contribution in [-0.2, 0) is 7.05 Å². The predicted molar refractivity (Wildman–Crippen MR) is 71.2 cm³/mol. The van der Waals surface area contributed by atoms with Crippen LogP contribution in [0.4, 0.5) is 5.69 Å². The summed E-state index contributed by atoms with van der Waals surface area (Å²) in [5, 5.41) is 12.8. The number of benzene rings is 1. The van der Waals surface area contributed by atoms with Gasteiger partial charge in [-0.15, -0.1) is 0 Å². The molecule has 0 saturated carbocycles. The van der Waals surface area contributed by atoms with E-state index in [0.717, 1.165) is 0 Å². The van der Waals surface area contributed by atoms with Crippen LogP contribution in [0.25, 0.3) is 0 Å². The van der Waals surface area contributed by atoms with Gasteiger partial charge in [0.1, 0.15) is 11.4 Å². The van der Waals surface area contributed by atoms with E-state index in [1.54, 1.807) is 49.0 Å². The summed E-state index contributed by atoms with van der Waals surface area (Å²) in [6, 6.07) is 6.58. The highest BCUT2D eigenvalue weighted by molar-refractivity contribution is 6.31. The summed E-state index contributed by atoms with van der Waals surface area (Å²) >= 11 is 5.83. The highest BCUT2D eigenvalue weighted by Gasteiger charge is 2.13. The van der Waals surface area contributed by atoms with Crippen molar-refractivity contribution in [3.05, 3.63) is 46.7 Å². The first kappa shape index (κ1) is 12.5. The molecule has 0 aliphatic carbocycles. The Hall–Kier alpha value is -1.94. The number of rotatable bonds is 2. The predicted octanol–water partition coefficient (Wildman–Crippen LogP) is 2.94. The maximum atomic E-state index is 12.0. The van der Waals surface area contributed by atoms with Gasteiger partial charge in [0.15, 0.2) is 0 Å². The summed E-state index contributed by atoms with van der Waals surface area (Å²) in [4.78, 5) is 12.0. The molecule has 1 aromatic carbocycles. The smallest absolute Gasteiger partial charge is 0.272 e. The van der Waals surface area contributed by atoms with Crippen molar-refractivity contribution in [1.82, 2.24) is 4.57 Å². The van der Waals surface area contributed by atoms with Gasteiger partial charge in [-0.3, -0.25) is 4.79 Å². The molecule has 4 nitrogen and oxygen atoms in total. The van der Waals surface area contributed by atoms with Gasteiger partial charge in [-0.2, -0.15) is 0 Å². The van der Waals surface area contributed by atoms with Crippen molar-refractivity contribution in [1.29, 1.82) is 0 Å². The van der Waals surface area contributed by atoms with E-state index < -0.39 is 0 Å². The van der Waals surface area contributed by atoms with Gasteiger partial charge in [-0.1, -0.05) is 17.7 Å². The Kier molecular flexibility index (Phi) is 3.30. The van der Waals surface area contributed by atoms with Crippen molar-refractivity contribution in [2.75, 3.05) is 5.32 Å². The molecule has 2 N–H and O–H groups in total. The van der Waals surface area contributed by atoms with E-state index in [0.29, 0.717) is 22.0 Å². The van der Waals surface area contributed by atoms with Gasteiger partial charge in [0.25, 0.3) is 5.91 Å². The first-order valence-corrected chi connectivity index (χ1v) is 5.78. The molecular formula is C13H13ClN2O2. The first-order chi connectivity index (χ1) is 8.49. The molecule has 0 radical (unpaired) electrons. The number of phenolic OH excluding ortho intramolecular Hbond substituents is 1. The summed E-state index contributed by atoms with van der Waals surface area (Å²) in [6.07, 6.45) is 1.66. The van der Waals surface area contributed by atoms with Crippen LogP contribution >= 0.6 is 11.6 Å². The number of anilines is 1. The lowest BCUT2D eigenvalue weighted by atomic mass is 10.2. The number of nitrogens with one attached hydrogen (secondary N) is 1. The Morgan fingerprint density at radius 3 is 2.78 bits per heavy atom. The lowest BCUT2D eigenvalue weighted by molar-refractivity contribution is 0.101. The Balaban J connectivity index is 2.27. The molecule has 0 fully saturated rings. The average molecular weight is 265 g/mol. The minimum Gasteiger partial charge on any atom is -0.508 e. The number of aryl methyl sites for hydroxylation is 1. The molecule has 0 spiro atoms. The second-order valence-corrected chi connectivity index (χ2v) is 4.49. The maximum Gasteiger partial charge on any atom is 0.272 e. The number of phenols is 1.